The Labute approximate surface area is 90.6 Å². The molecule has 0 unspecified atom stereocenters. The van der Waals surface area contributed by atoms with E-state index in [0.29, 0.717) is 0 Å². The summed E-state index contributed by atoms with van der Waals surface area (Å²) in [5, 5.41) is 9.27. The molecule has 0 fully saturated rings. The predicted molar refractivity (Wildman–Crippen MR) is 59.0 cm³/mol. The Morgan fingerprint density at radius 3 is 2.47 bits per heavy atom. The summed E-state index contributed by atoms with van der Waals surface area (Å²) in [6.07, 6.45) is -0.242. The molecule has 0 aromatic heterocycles. The van der Waals surface area contributed by atoms with Crippen LogP contribution < -0.4 is 4.74 Å². The Morgan fingerprint density at radius 1 is 1.27 bits per heavy atom. The van der Waals surface area contributed by atoms with Gasteiger partial charge in [0.1, 0.15) is 11.9 Å². The van der Waals surface area contributed by atoms with E-state index in [4.69, 9.17) is 9.47 Å². The first-order valence-corrected chi connectivity index (χ1v) is 5.08. The lowest BCUT2D eigenvalue weighted by Crippen LogP contribution is -2.14. The summed E-state index contributed by atoms with van der Waals surface area (Å²) in [5.41, 5.74) is 0.885. The van der Waals surface area contributed by atoms with Crippen molar-refractivity contribution in [3.63, 3.8) is 0 Å². The normalized spacial score (nSPS) is 12.9. The maximum Gasteiger partial charge on any atom is 0.124 e. The fraction of sp³-hybridized carbons (Fsp3) is 0.500. The molecule has 15 heavy (non-hydrogen) atoms. The zero-order valence-electron chi connectivity index (χ0n) is 9.43. The number of aliphatic hydroxyl groups is 1. The first-order chi connectivity index (χ1) is 7.19. The quantitative estimate of drug-likeness (QED) is 0.809. The Morgan fingerprint density at radius 2 is 1.93 bits per heavy atom. The highest BCUT2D eigenvalue weighted by atomic mass is 16.5. The standard InChI is InChI=1S/C12H18O3/c1-9(2)15-12(8-13)10-6-4-5-7-11(10)14-3/h4-7,9,12-13H,8H2,1-3H3/t12-/m0/s1. The van der Waals surface area contributed by atoms with Crippen LogP contribution in [0.4, 0.5) is 0 Å². The van der Waals surface area contributed by atoms with Crippen LogP contribution in [0.5, 0.6) is 5.75 Å². The monoisotopic (exact) mass is 210 g/mol. The lowest BCUT2D eigenvalue weighted by Gasteiger charge is -2.20. The second kappa shape index (κ2) is 5.73. The molecule has 1 aromatic carbocycles. The average molecular weight is 210 g/mol. The van der Waals surface area contributed by atoms with Crippen molar-refractivity contribution in [3.05, 3.63) is 29.8 Å². The van der Waals surface area contributed by atoms with E-state index < -0.39 is 0 Å². The zero-order chi connectivity index (χ0) is 11.3. The van der Waals surface area contributed by atoms with Crippen molar-refractivity contribution in [1.82, 2.24) is 0 Å². The number of benzene rings is 1. The van der Waals surface area contributed by atoms with Crippen LogP contribution in [-0.2, 0) is 4.74 Å². The topological polar surface area (TPSA) is 38.7 Å². The highest BCUT2D eigenvalue weighted by Crippen LogP contribution is 2.27. The molecule has 0 saturated carbocycles. The van der Waals surface area contributed by atoms with Crippen molar-refractivity contribution in [2.75, 3.05) is 13.7 Å². The molecule has 0 amide bonds. The van der Waals surface area contributed by atoms with Crippen molar-refractivity contribution < 1.29 is 14.6 Å². The molecule has 1 N–H and O–H groups in total. The van der Waals surface area contributed by atoms with Gasteiger partial charge >= 0.3 is 0 Å². The maximum absolute atomic E-state index is 9.27. The predicted octanol–water partition coefficient (Wildman–Crippen LogP) is 2.15. The molecule has 1 rings (SSSR count). The third kappa shape index (κ3) is 3.22. The van der Waals surface area contributed by atoms with Gasteiger partial charge in [0.25, 0.3) is 0 Å². The molecule has 0 aliphatic carbocycles. The highest BCUT2D eigenvalue weighted by Gasteiger charge is 2.16. The van der Waals surface area contributed by atoms with Crippen LogP contribution in [0.1, 0.15) is 25.5 Å². The highest BCUT2D eigenvalue weighted by molar-refractivity contribution is 5.35. The van der Waals surface area contributed by atoms with Gasteiger partial charge in [-0.15, -0.1) is 0 Å². The van der Waals surface area contributed by atoms with Gasteiger partial charge in [-0.2, -0.15) is 0 Å². The first kappa shape index (κ1) is 12.0. The Hall–Kier alpha value is -1.06. The maximum atomic E-state index is 9.27. The van der Waals surface area contributed by atoms with Gasteiger partial charge in [0.05, 0.1) is 19.8 Å². The summed E-state index contributed by atoms with van der Waals surface area (Å²) in [6, 6.07) is 7.57. The van der Waals surface area contributed by atoms with Crippen molar-refractivity contribution >= 4 is 0 Å². The fourth-order valence-corrected chi connectivity index (χ4v) is 1.48. The van der Waals surface area contributed by atoms with Gasteiger partial charge in [0.2, 0.25) is 0 Å². The van der Waals surface area contributed by atoms with Crippen LogP contribution in [-0.4, -0.2) is 24.9 Å². The molecule has 0 heterocycles. The van der Waals surface area contributed by atoms with Gasteiger partial charge in [-0.25, -0.2) is 0 Å². The lowest BCUT2D eigenvalue weighted by molar-refractivity contribution is -0.0258. The number of ether oxygens (including phenoxy) is 2. The van der Waals surface area contributed by atoms with E-state index in [1.54, 1.807) is 7.11 Å². The summed E-state index contributed by atoms with van der Waals surface area (Å²) in [4.78, 5) is 0. The van der Waals surface area contributed by atoms with Gasteiger partial charge in [-0.3, -0.25) is 0 Å². The van der Waals surface area contributed by atoms with Crippen molar-refractivity contribution in [3.8, 4) is 5.75 Å². The van der Waals surface area contributed by atoms with E-state index in [0.717, 1.165) is 11.3 Å². The number of methoxy groups -OCH3 is 1. The summed E-state index contributed by atoms with van der Waals surface area (Å²) in [6.45, 7) is 3.84. The smallest absolute Gasteiger partial charge is 0.124 e. The SMILES string of the molecule is COc1ccccc1[C@H](CO)OC(C)C. The summed E-state index contributed by atoms with van der Waals surface area (Å²) >= 11 is 0. The van der Waals surface area contributed by atoms with E-state index in [-0.39, 0.29) is 18.8 Å². The van der Waals surface area contributed by atoms with Gasteiger partial charge in [-0.1, -0.05) is 18.2 Å². The van der Waals surface area contributed by atoms with Crippen LogP contribution in [0.25, 0.3) is 0 Å². The van der Waals surface area contributed by atoms with Gasteiger partial charge in [-0.05, 0) is 19.9 Å². The number of hydrogen-bond acceptors (Lipinski definition) is 3. The minimum atomic E-state index is -0.318. The minimum absolute atomic E-state index is 0.0431. The molecule has 84 valence electrons. The van der Waals surface area contributed by atoms with Gasteiger partial charge < -0.3 is 14.6 Å². The summed E-state index contributed by atoms with van der Waals surface area (Å²) in [7, 11) is 1.61. The molecule has 0 aliphatic heterocycles. The van der Waals surface area contributed by atoms with Crippen molar-refractivity contribution in [2.45, 2.75) is 26.1 Å². The number of hydrogen-bond donors (Lipinski definition) is 1. The Balaban J connectivity index is 2.90. The first-order valence-electron chi connectivity index (χ1n) is 5.08. The molecular formula is C12H18O3. The molecule has 0 bridgehead atoms. The van der Waals surface area contributed by atoms with E-state index in [2.05, 4.69) is 0 Å². The van der Waals surface area contributed by atoms with Crippen molar-refractivity contribution in [2.24, 2.45) is 0 Å². The molecule has 0 saturated heterocycles. The van der Waals surface area contributed by atoms with Crippen LogP contribution >= 0.6 is 0 Å². The fourth-order valence-electron chi connectivity index (χ4n) is 1.48. The third-order valence-corrected chi connectivity index (χ3v) is 2.09. The molecule has 1 atom stereocenters. The molecule has 3 nitrogen and oxygen atoms in total. The Kier molecular flexibility index (Phi) is 4.59. The van der Waals surface area contributed by atoms with Crippen molar-refractivity contribution in [1.29, 1.82) is 0 Å². The third-order valence-electron chi connectivity index (χ3n) is 2.09. The van der Waals surface area contributed by atoms with Crippen LogP contribution in [0.15, 0.2) is 24.3 Å². The molecular weight excluding hydrogens is 192 g/mol. The van der Waals surface area contributed by atoms with Crippen LogP contribution in [0, 0.1) is 0 Å². The van der Waals surface area contributed by atoms with E-state index in [1.165, 1.54) is 0 Å². The van der Waals surface area contributed by atoms with Gasteiger partial charge in [0, 0.05) is 5.56 Å². The second-order valence-corrected chi connectivity index (χ2v) is 3.60. The second-order valence-electron chi connectivity index (χ2n) is 3.60. The zero-order valence-corrected chi connectivity index (χ0v) is 9.43. The largest absolute Gasteiger partial charge is 0.496 e. The molecule has 0 spiro atoms. The molecule has 1 aromatic rings. The number of aliphatic hydroxyl groups excluding tert-OH is 1. The molecule has 3 heteroatoms. The van der Waals surface area contributed by atoms with Gasteiger partial charge in [0.15, 0.2) is 0 Å². The lowest BCUT2D eigenvalue weighted by atomic mass is 10.1. The molecule has 0 aliphatic rings. The number of rotatable bonds is 5. The molecule has 0 radical (unpaired) electrons. The summed E-state index contributed by atoms with van der Waals surface area (Å²) < 4.78 is 10.8. The van der Waals surface area contributed by atoms with Crippen LogP contribution in [0.3, 0.4) is 0 Å². The Bertz CT molecular complexity index is 297. The minimum Gasteiger partial charge on any atom is -0.496 e. The summed E-state index contributed by atoms with van der Waals surface area (Å²) in [5.74, 6) is 0.747. The van der Waals surface area contributed by atoms with Crippen LogP contribution in [0.2, 0.25) is 0 Å². The van der Waals surface area contributed by atoms with E-state index in [9.17, 15) is 5.11 Å². The van der Waals surface area contributed by atoms with E-state index in [1.807, 2.05) is 38.1 Å². The number of para-hydroxylation sites is 1. The average Bonchev–Trinajstić information content (AvgIpc) is 2.25. The van der Waals surface area contributed by atoms with E-state index >= 15 is 0 Å².